The third kappa shape index (κ3) is 5.30. The highest BCUT2D eigenvalue weighted by Crippen LogP contribution is 1.51. The standard InChI is InChI=1S/C4H11N3/c1-6-2-3-7-4-5/h2-3,6-7H,4-5H2,1H3/b3-2-. The third-order valence-corrected chi connectivity index (χ3v) is 0.486. The van der Waals surface area contributed by atoms with E-state index in [0.29, 0.717) is 6.67 Å². The van der Waals surface area contributed by atoms with Crippen LogP contribution in [-0.2, 0) is 0 Å². The molecule has 0 saturated heterocycles. The lowest BCUT2D eigenvalue weighted by molar-refractivity contribution is 0.872. The molecule has 0 aliphatic heterocycles. The topological polar surface area (TPSA) is 50.1 Å². The van der Waals surface area contributed by atoms with Crippen molar-refractivity contribution in [2.75, 3.05) is 13.7 Å². The van der Waals surface area contributed by atoms with Crippen LogP contribution in [0.5, 0.6) is 0 Å². The summed E-state index contributed by atoms with van der Waals surface area (Å²) in [4.78, 5) is 0. The van der Waals surface area contributed by atoms with Gasteiger partial charge in [-0.1, -0.05) is 0 Å². The third-order valence-electron chi connectivity index (χ3n) is 0.486. The quantitative estimate of drug-likeness (QED) is 0.407. The maximum Gasteiger partial charge on any atom is 0.0623 e. The zero-order valence-electron chi connectivity index (χ0n) is 4.44. The van der Waals surface area contributed by atoms with Crippen molar-refractivity contribution in [3.63, 3.8) is 0 Å². The summed E-state index contributed by atoms with van der Waals surface area (Å²) < 4.78 is 0. The Morgan fingerprint density at radius 2 is 2.29 bits per heavy atom. The van der Waals surface area contributed by atoms with E-state index in [-0.39, 0.29) is 0 Å². The zero-order valence-corrected chi connectivity index (χ0v) is 4.44. The number of hydrogen-bond donors (Lipinski definition) is 3. The number of nitrogens with two attached hydrogens (primary N) is 1. The Balaban J connectivity index is 2.78. The van der Waals surface area contributed by atoms with Gasteiger partial charge in [-0.25, -0.2) is 0 Å². The molecule has 0 amide bonds. The van der Waals surface area contributed by atoms with Gasteiger partial charge in [-0.2, -0.15) is 0 Å². The molecule has 0 aliphatic rings. The van der Waals surface area contributed by atoms with Crippen molar-refractivity contribution in [3.8, 4) is 0 Å². The van der Waals surface area contributed by atoms with Crippen LogP contribution in [0.1, 0.15) is 0 Å². The minimum absolute atomic E-state index is 0.484. The fourth-order valence-electron chi connectivity index (χ4n) is 0.210. The van der Waals surface area contributed by atoms with Gasteiger partial charge in [0.25, 0.3) is 0 Å². The molecular weight excluding hydrogens is 90.1 g/mol. The summed E-state index contributed by atoms with van der Waals surface area (Å²) in [7, 11) is 1.83. The average Bonchev–Trinajstić information content (AvgIpc) is 1.69. The van der Waals surface area contributed by atoms with Gasteiger partial charge < -0.3 is 16.4 Å². The van der Waals surface area contributed by atoms with Gasteiger partial charge in [-0.05, 0) is 0 Å². The first-order valence-corrected chi connectivity index (χ1v) is 2.17. The maximum absolute atomic E-state index is 5.08. The molecule has 0 saturated carbocycles. The van der Waals surface area contributed by atoms with E-state index in [9.17, 15) is 0 Å². The second-order valence-corrected chi connectivity index (χ2v) is 1.03. The molecule has 0 unspecified atom stereocenters. The van der Waals surface area contributed by atoms with E-state index in [0.717, 1.165) is 0 Å². The molecule has 0 radical (unpaired) electrons. The summed E-state index contributed by atoms with van der Waals surface area (Å²) in [6.45, 7) is 0.484. The molecule has 4 N–H and O–H groups in total. The van der Waals surface area contributed by atoms with E-state index >= 15 is 0 Å². The van der Waals surface area contributed by atoms with E-state index in [2.05, 4.69) is 10.6 Å². The molecule has 0 aromatic heterocycles. The number of nitrogens with one attached hydrogen (secondary N) is 2. The van der Waals surface area contributed by atoms with Gasteiger partial charge in [0.2, 0.25) is 0 Å². The maximum atomic E-state index is 5.08. The van der Waals surface area contributed by atoms with Gasteiger partial charge in [0.15, 0.2) is 0 Å². The molecule has 3 heteroatoms. The number of rotatable bonds is 3. The van der Waals surface area contributed by atoms with Crippen LogP contribution in [-0.4, -0.2) is 13.7 Å². The van der Waals surface area contributed by atoms with Crippen LogP contribution in [0.2, 0.25) is 0 Å². The van der Waals surface area contributed by atoms with Crippen LogP contribution in [0.25, 0.3) is 0 Å². The molecule has 0 aromatic carbocycles. The summed E-state index contributed by atoms with van der Waals surface area (Å²) in [6, 6.07) is 0. The minimum Gasteiger partial charge on any atom is -0.393 e. The highest BCUT2D eigenvalue weighted by Gasteiger charge is 1.60. The predicted molar refractivity (Wildman–Crippen MR) is 30.4 cm³/mol. The Morgan fingerprint density at radius 3 is 2.71 bits per heavy atom. The molecule has 0 rings (SSSR count). The summed E-state index contributed by atoms with van der Waals surface area (Å²) >= 11 is 0. The van der Waals surface area contributed by atoms with Crippen molar-refractivity contribution in [2.45, 2.75) is 0 Å². The molecule has 0 spiro atoms. The highest BCUT2D eigenvalue weighted by molar-refractivity contribution is 4.73. The SMILES string of the molecule is CN/C=C\NCN. The van der Waals surface area contributed by atoms with Gasteiger partial charge in [-0.3, -0.25) is 0 Å². The van der Waals surface area contributed by atoms with Gasteiger partial charge in [0, 0.05) is 19.4 Å². The second kappa shape index (κ2) is 5.30. The highest BCUT2D eigenvalue weighted by atomic mass is 14.9. The monoisotopic (exact) mass is 101 g/mol. The first kappa shape index (κ1) is 6.30. The van der Waals surface area contributed by atoms with Gasteiger partial charge >= 0.3 is 0 Å². The number of hydrogen-bond acceptors (Lipinski definition) is 3. The van der Waals surface area contributed by atoms with Crippen molar-refractivity contribution in [3.05, 3.63) is 12.4 Å². The molecule has 42 valence electrons. The molecule has 3 nitrogen and oxygen atoms in total. The summed E-state index contributed by atoms with van der Waals surface area (Å²) in [6.07, 6.45) is 3.52. The molecule has 0 aromatic rings. The first-order chi connectivity index (χ1) is 3.41. The summed E-state index contributed by atoms with van der Waals surface area (Å²) in [5.74, 6) is 0. The lowest BCUT2D eigenvalue weighted by atomic mass is 10.8. The molecule has 7 heavy (non-hydrogen) atoms. The van der Waals surface area contributed by atoms with E-state index in [1.807, 2.05) is 7.05 Å². The fourth-order valence-corrected chi connectivity index (χ4v) is 0.210. The Morgan fingerprint density at radius 1 is 1.57 bits per heavy atom. The molecule has 0 bridgehead atoms. The minimum atomic E-state index is 0.484. The van der Waals surface area contributed by atoms with Crippen LogP contribution in [0.15, 0.2) is 12.4 Å². The Kier molecular flexibility index (Phi) is 4.77. The van der Waals surface area contributed by atoms with Crippen molar-refractivity contribution in [1.82, 2.24) is 10.6 Å². The Labute approximate surface area is 43.6 Å². The largest absolute Gasteiger partial charge is 0.393 e. The van der Waals surface area contributed by atoms with Crippen LogP contribution < -0.4 is 16.4 Å². The van der Waals surface area contributed by atoms with Gasteiger partial charge in [-0.15, -0.1) is 0 Å². The molecule has 0 fully saturated rings. The van der Waals surface area contributed by atoms with Crippen molar-refractivity contribution in [1.29, 1.82) is 0 Å². The van der Waals surface area contributed by atoms with Crippen molar-refractivity contribution < 1.29 is 0 Å². The molecule has 0 atom stereocenters. The lowest BCUT2D eigenvalue weighted by Gasteiger charge is -1.89. The average molecular weight is 101 g/mol. The molecule has 0 heterocycles. The van der Waals surface area contributed by atoms with Gasteiger partial charge in [0.1, 0.15) is 0 Å². The van der Waals surface area contributed by atoms with E-state index < -0.39 is 0 Å². The summed E-state index contributed by atoms with van der Waals surface area (Å²) in [5.41, 5.74) is 5.08. The van der Waals surface area contributed by atoms with E-state index in [1.165, 1.54) is 0 Å². The summed E-state index contributed by atoms with van der Waals surface area (Å²) in [5, 5.41) is 5.59. The van der Waals surface area contributed by atoms with E-state index in [4.69, 9.17) is 5.73 Å². The van der Waals surface area contributed by atoms with E-state index in [1.54, 1.807) is 12.4 Å². The smallest absolute Gasteiger partial charge is 0.0623 e. The van der Waals surface area contributed by atoms with Crippen LogP contribution in [0.4, 0.5) is 0 Å². The Bertz CT molecular complexity index is 50.9. The lowest BCUT2D eigenvalue weighted by Crippen LogP contribution is -2.16. The second-order valence-electron chi connectivity index (χ2n) is 1.03. The Hall–Kier alpha value is -0.700. The predicted octanol–water partition coefficient (Wildman–Crippen LogP) is -0.817. The van der Waals surface area contributed by atoms with Gasteiger partial charge in [0.05, 0.1) is 6.67 Å². The fraction of sp³-hybridized carbons (Fsp3) is 0.500. The van der Waals surface area contributed by atoms with Crippen molar-refractivity contribution in [2.24, 2.45) is 5.73 Å². The van der Waals surface area contributed by atoms with Crippen LogP contribution in [0, 0.1) is 0 Å². The van der Waals surface area contributed by atoms with Crippen LogP contribution in [0.3, 0.4) is 0 Å². The van der Waals surface area contributed by atoms with Crippen molar-refractivity contribution >= 4 is 0 Å². The zero-order chi connectivity index (χ0) is 5.54. The molecular formula is C4H11N3. The first-order valence-electron chi connectivity index (χ1n) is 2.17. The molecule has 0 aliphatic carbocycles. The normalized spacial score (nSPS) is 9.43. The van der Waals surface area contributed by atoms with Crippen LogP contribution >= 0.6 is 0 Å².